The zero-order valence-corrected chi connectivity index (χ0v) is 10.2. The van der Waals surface area contributed by atoms with Crippen molar-refractivity contribution in [1.82, 2.24) is 15.0 Å². The van der Waals surface area contributed by atoms with E-state index in [4.69, 9.17) is 16.3 Å². The minimum atomic E-state index is -0.490. The molecule has 1 rings (SSSR count). The number of halogens is 1. The van der Waals surface area contributed by atoms with Crippen molar-refractivity contribution in [3.63, 3.8) is 0 Å². The van der Waals surface area contributed by atoms with Crippen LogP contribution >= 0.6 is 11.6 Å². The Morgan fingerprint density at radius 1 is 1.44 bits per heavy atom. The molecular weight excluding hydrogens is 232 g/mol. The Bertz CT molecular complexity index is 357. The zero-order valence-electron chi connectivity index (χ0n) is 9.49. The van der Waals surface area contributed by atoms with Gasteiger partial charge in [-0.05, 0) is 24.9 Å². The number of aromatic nitrogens is 3. The predicted molar refractivity (Wildman–Crippen MR) is 60.8 cm³/mol. The van der Waals surface area contributed by atoms with Crippen LogP contribution in [0.3, 0.4) is 0 Å². The maximum Gasteiger partial charge on any atom is 0.322 e. The number of nitrogens with zero attached hydrogens (tertiary/aromatic N) is 3. The van der Waals surface area contributed by atoms with Gasteiger partial charge in [0.1, 0.15) is 0 Å². The lowest BCUT2D eigenvalue weighted by atomic mass is 10.0. The third-order valence-electron chi connectivity index (χ3n) is 2.31. The van der Waals surface area contributed by atoms with Crippen LogP contribution in [0.1, 0.15) is 20.3 Å². The number of ether oxygens (including phenoxy) is 1. The lowest BCUT2D eigenvalue weighted by Crippen LogP contribution is -2.38. The van der Waals surface area contributed by atoms with E-state index in [9.17, 15) is 5.11 Å². The molecule has 0 spiro atoms. The second-order valence-electron chi connectivity index (χ2n) is 3.61. The second-order valence-corrected chi connectivity index (χ2v) is 3.95. The van der Waals surface area contributed by atoms with E-state index < -0.39 is 5.54 Å². The maximum atomic E-state index is 9.24. The molecule has 1 heterocycles. The van der Waals surface area contributed by atoms with Crippen molar-refractivity contribution in [3.05, 3.63) is 5.28 Å². The lowest BCUT2D eigenvalue weighted by Gasteiger charge is -2.26. The van der Waals surface area contributed by atoms with Crippen molar-refractivity contribution in [2.45, 2.75) is 25.8 Å². The Hall–Kier alpha value is -1.14. The Morgan fingerprint density at radius 2 is 2.12 bits per heavy atom. The molecule has 0 saturated carbocycles. The summed E-state index contributed by atoms with van der Waals surface area (Å²) in [4.78, 5) is 11.6. The van der Waals surface area contributed by atoms with Gasteiger partial charge >= 0.3 is 6.01 Å². The van der Waals surface area contributed by atoms with Gasteiger partial charge in [0.25, 0.3) is 0 Å². The van der Waals surface area contributed by atoms with Gasteiger partial charge in [-0.2, -0.15) is 15.0 Å². The molecule has 6 nitrogen and oxygen atoms in total. The minimum absolute atomic E-state index is 0.0326. The first-order valence-electron chi connectivity index (χ1n) is 4.87. The Labute approximate surface area is 99.0 Å². The zero-order chi connectivity index (χ0) is 12.2. The molecular formula is C9H15ClN4O2. The molecule has 0 aliphatic rings. The van der Waals surface area contributed by atoms with Crippen LogP contribution in [0.5, 0.6) is 6.01 Å². The van der Waals surface area contributed by atoms with E-state index in [0.29, 0.717) is 0 Å². The molecule has 90 valence electrons. The van der Waals surface area contributed by atoms with Crippen molar-refractivity contribution >= 4 is 17.5 Å². The van der Waals surface area contributed by atoms with E-state index in [0.717, 1.165) is 6.42 Å². The third kappa shape index (κ3) is 3.18. The van der Waals surface area contributed by atoms with Crippen LogP contribution in [0, 0.1) is 0 Å². The average Bonchev–Trinajstić information content (AvgIpc) is 2.28. The highest BCUT2D eigenvalue weighted by Crippen LogP contribution is 2.17. The third-order valence-corrected chi connectivity index (χ3v) is 2.48. The highest BCUT2D eigenvalue weighted by atomic mass is 35.5. The molecule has 7 heteroatoms. The van der Waals surface area contributed by atoms with Gasteiger partial charge < -0.3 is 15.2 Å². The quantitative estimate of drug-likeness (QED) is 0.810. The van der Waals surface area contributed by atoms with E-state index in [1.165, 1.54) is 7.11 Å². The molecule has 1 aromatic heterocycles. The molecule has 2 N–H and O–H groups in total. The lowest BCUT2D eigenvalue weighted by molar-refractivity contribution is 0.218. The summed E-state index contributed by atoms with van der Waals surface area (Å²) in [6.07, 6.45) is 0.717. The van der Waals surface area contributed by atoms with E-state index in [1.807, 2.05) is 13.8 Å². The highest BCUT2D eigenvalue weighted by Gasteiger charge is 2.22. The fourth-order valence-electron chi connectivity index (χ4n) is 0.989. The summed E-state index contributed by atoms with van der Waals surface area (Å²) in [6, 6.07) is 0.138. The summed E-state index contributed by atoms with van der Waals surface area (Å²) in [5, 5.41) is 12.3. The first-order chi connectivity index (χ1) is 7.53. The fourth-order valence-corrected chi connectivity index (χ4v) is 1.14. The molecule has 0 aliphatic carbocycles. The van der Waals surface area contributed by atoms with Crippen LogP contribution in [0.4, 0.5) is 5.95 Å². The number of hydrogen-bond donors (Lipinski definition) is 2. The Morgan fingerprint density at radius 3 is 2.62 bits per heavy atom. The van der Waals surface area contributed by atoms with E-state index >= 15 is 0 Å². The number of methoxy groups -OCH3 is 1. The van der Waals surface area contributed by atoms with Gasteiger partial charge in [0.15, 0.2) is 0 Å². The minimum Gasteiger partial charge on any atom is -0.467 e. The molecule has 0 amide bonds. The molecule has 0 aromatic carbocycles. The first-order valence-corrected chi connectivity index (χ1v) is 5.25. The van der Waals surface area contributed by atoms with Gasteiger partial charge in [-0.15, -0.1) is 0 Å². The monoisotopic (exact) mass is 246 g/mol. The molecule has 1 unspecified atom stereocenters. The predicted octanol–water partition coefficient (Wildman–Crippen LogP) is 1.11. The summed E-state index contributed by atoms with van der Waals surface area (Å²) < 4.78 is 4.87. The summed E-state index contributed by atoms with van der Waals surface area (Å²) in [7, 11) is 1.44. The SMILES string of the molecule is CCC(C)(CO)Nc1nc(Cl)nc(OC)n1. The van der Waals surface area contributed by atoms with Gasteiger partial charge in [0.05, 0.1) is 19.3 Å². The highest BCUT2D eigenvalue weighted by molar-refractivity contribution is 6.28. The molecule has 1 aromatic rings. The largest absolute Gasteiger partial charge is 0.467 e. The van der Waals surface area contributed by atoms with Crippen LogP contribution in [0.15, 0.2) is 0 Å². The number of anilines is 1. The van der Waals surface area contributed by atoms with Crippen molar-refractivity contribution in [2.75, 3.05) is 19.0 Å². The van der Waals surface area contributed by atoms with Gasteiger partial charge in [-0.25, -0.2) is 0 Å². The number of rotatable bonds is 5. The normalized spacial score (nSPS) is 14.3. The molecule has 0 radical (unpaired) electrons. The van der Waals surface area contributed by atoms with Crippen molar-refractivity contribution in [1.29, 1.82) is 0 Å². The van der Waals surface area contributed by atoms with Crippen LogP contribution in [0.2, 0.25) is 5.28 Å². The van der Waals surface area contributed by atoms with Gasteiger partial charge in [-0.1, -0.05) is 6.92 Å². The van der Waals surface area contributed by atoms with Crippen LogP contribution < -0.4 is 10.1 Å². The Kier molecular flexibility index (Phi) is 4.26. The van der Waals surface area contributed by atoms with Gasteiger partial charge in [0, 0.05) is 0 Å². The molecule has 0 fully saturated rings. The van der Waals surface area contributed by atoms with Crippen molar-refractivity contribution < 1.29 is 9.84 Å². The molecule has 1 atom stereocenters. The summed E-state index contributed by atoms with van der Waals surface area (Å²) >= 11 is 5.70. The topological polar surface area (TPSA) is 80.2 Å². The average molecular weight is 247 g/mol. The van der Waals surface area contributed by atoms with Gasteiger partial charge in [0.2, 0.25) is 11.2 Å². The summed E-state index contributed by atoms with van der Waals surface area (Å²) in [5.41, 5.74) is -0.490. The van der Waals surface area contributed by atoms with E-state index in [1.54, 1.807) is 0 Å². The summed E-state index contributed by atoms with van der Waals surface area (Å²) in [5.74, 6) is 0.287. The van der Waals surface area contributed by atoms with Crippen LogP contribution in [0.25, 0.3) is 0 Å². The number of nitrogens with one attached hydrogen (secondary N) is 1. The molecule has 0 bridgehead atoms. The van der Waals surface area contributed by atoms with Crippen LogP contribution in [-0.4, -0.2) is 39.3 Å². The van der Waals surface area contributed by atoms with Gasteiger partial charge in [-0.3, -0.25) is 0 Å². The first kappa shape index (κ1) is 12.9. The number of aliphatic hydroxyl groups excluding tert-OH is 1. The van der Waals surface area contributed by atoms with Crippen LogP contribution in [-0.2, 0) is 0 Å². The fraction of sp³-hybridized carbons (Fsp3) is 0.667. The standard InChI is InChI=1S/C9H15ClN4O2/c1-4-9(2,5-15)14-7-11-6(10)12-8(13-7)16-3/h15H,4-5H2,1-3H3,(H,11,12,13,14). The smallest absolute Gasteiger partial charge is 0.322 e. The molecule has 0 saturated heterocycles. The molecule has 16 heavy (non-hydrogen) atoms. The number of aliphatic hydroxyl groups is 1. The van der Waals surface area contributed by atoms with Crippen molar-refractivity contribution in [2.24, 2.45) is 0 Å². The maximum absolute atomic E-state index is 9.24. The Balaban J connectivity index is 2.92. The summed E-state index contributed by atoms with van der Waals surface area (Å²) in [6.45, 7) is 3.77. The van der Waals surface area contributed by atoms with Crippen molar-refractivity contribution in [3.8, 4) is 6.01 Å². The molecule has 0 aliphatic heterocycles. The van der Waals surface area contributed by atoms with E-state index in [2.05, 4.69) is 20.3 Å². The van der Waals surface area contributed by atoms with E-state index in [-0.39, 0.29) is 23.8 Å². The second kappa shape index (κ2) is 5.27. The number of hydrogen-bond acceptors (Lipinski definition) is 6.